The SMILES string of the molecule is CC(C)CN(C)C(=O)C(C)CCC(C)CNC(=O)C(C)C. The minimum Gasteiger partial charge on any atom is -0.356 e. The Balaban J connectivity index is 4.03. The smallest absolute Gasteiger partial charge is 0.225 e. The number of carbonyl (C=O) groups excluding carboxylic acids is 2. The molecular formula is C17H34N2O2. The third-order valence-corrected chi connectivity index (χ3v) is 3.68. The van der Waals surface area contributed by atoms with E-state index in [1.54, 1.807) is 0 Å². The van der Waals surface area contributed by atoms with Gasteiger partial charge in [-0.1, -0.05) is 41.5 Å². The monoisotopic (exact) mass is 298 g/mol. The molecule has 0 aliphatic carbocycles. The highest BCUT2D eigenvalue weighted by Crippen LogP contribution is 2.15. The van der Waals surface area contributed by atoms with Gasteiger partial charge in [-0.25, -0.2) is 0 Å². The number of hydrogen-bond donors (Lipinski definition) is 1. The number of nitrogens with zero attached hydrogens (tertiary/aromatic N) is 1. The van der Waals surface area contributed by atoms with Crippen LogP contribution in [0.4, 0.5) is 0 Å². The van der Waals surface area contributed by atoms with Gasteiger partial charge in [-0.3, -0.25) is 9.59 Å². The zero-order valence-electron chi connectivity index (χ0n) is 14.9. The molecule has 0 bridgehead atoms. The molecule has 0 aliphatic heterocycles. The fourth-order valence-electron chi connectivity index (χ4n) is 2.25. The standard InChI is InChI=1S/C17H34N2O2/c1-12(2)11-19(7)17(21)15(6)9-8-14(5)10-18-16(20)13(3)4/h12-15H,8-11H2,1-7H3,(H,18,20). The van der Waals surface area contributed by atoms with Gasteiger partial charge in [-0.05, 0) is 24.7 Å². The minimum absolute atomic E-state index is 0.0300. The summed E-state index contributed by atoms with van der Waals surface area (Å²) in [7, 11) is 1.88. The van der Waals surface area contributed by atoms with Crippen LogP contribution in [0.15, 0.2) is 0 Å². The molecule has 0 heterocycles. The first-order chi connectivity index (χ1) is 9.65. The van der Waals surface area contributed by atoms with E-state index in [9.17, 15) is 9.59 Å². The largest absolute Gasteiger partial charge is 0.356 e. The van der Waals surface area contributed by atoms with Crippen LogP contribution in [0.3, 0.4) is 0 Å². The fourth-order valence-corrected chi connectivity index (χ4v) is 2.25. The van der Waals surface area contributed by atoms with Crippen molar-refractivity contribution in [1.29, 1.82) is 0 Å². The molecule has 2 amide bonds. The minimum atomic E-state index is 0.0300. The molecule has 0 aliphatic rings. The Labute approximate surface area is 130 Å². The molecule has 0 aromatic rings. The molecule has 0 fully saturated rings. The highest BCUT2D eigenvalue weighted by Gasteiger charge is 2.19. The Morgan fingerprint density at radius 2 is 1.57 bits per heavy atom. The van der Waals surface area contributed by atoms with Crippen LogP contribution in [-0.2, 0) is 9.59 Å². The van der Waals surface area contributed by atoms with Crippen LogP contribution in [0.2, 0.25) is 0 Å². The molecule has 0 saturated carbocycles. The average Bonchev–Trinajstić information content (AvgIpc) is 2.39. The van der Waals surface area contributed by atoms with Gasteiger partial charge < -0.3 is 10.2 Å². The summed E-state index contributed by atoms with van der Waals surface area (Å²) >= 11 is 0. The third-order valence-electron chi connectivity index (χ3n) is 3.68. The van der Waals surface area contributed by atoms with Crippen LogP contribution in [0.1, 0.15) is 54.4 Å². The number of carbonyl (C=O) groups is 2. The van der Waals surface area contributed by atoms with Crippen molar-refractivity contribution in [3.63, 3.8) is 0 Å². The van der Waals surface area contributed by atoms with Gasteiger partial charge in [0.15, 0.2) is 0 Å². The second-order valence-electron chi connectivity index (χ2n) is 7.10. The summed E-state index contributed by atoms with van der Waals surface area (Å²) in [6.07, 6.45) is 1.83. The summed E-state index contributed by atoms with van der Waals surface area (Å²) in [5, 5.41) is 2.95. The van der Waals surface area contributed by atoms with E-state index in [0.717, 1.165) is 19.4 Å². The first-order valence-electron chi connectivity index (χ1n) is 8.17. The molecule has 2 unspecified atom stereocenters. The van der Waals surface area contributed by atoms with Crippen molar-refractivity contribution in [2.24, 2.45) is 23.7 Å². The average molecular weight is 298 g/mol. The van der Waals surface area contributed by atoms with Crippen LogP contribution in [0, 0.1) is 23.7 Å². The van der Waals surface area contributed by atoms with Gasteiger partial charge in [0.1, 0.15) is 0 Å². The van der Waals surface area contributed by atoms with Crippen molar-refractivity contribution < 1.29 is 9.59 Å². The Morgan fingerprint density at radius 3 is 2.05 bits per heavy atom. The molecule has 0 aromatic heterocycles. The van der Waals surface area contributed by atoms with E-state index in [2.05, 4.69) is 26.1 Å². The summed E-state index contributed by atoms with van der Waals surface area (Å²) in [6.45, 7) is 13.6. The summed E-state index contributed by atoms with van der Waals surface area (Å²) < 4.78 is 0. The molecule has 1 N–H and O–H groups in total. The molecule has 0 aromatic carbocycles. The van der Waals surface area contributed by atoms with E-state index in [4.69, 9.17) is 0 Å². The van der Waals surface area contributed by atoms with Crippen molar-refractivity contribution >= 4 is 11.8 Å². The molecule has 0 rings (SSSR count). The van der Waals surface area contributed by atoms with E-state index in [1.807, 2.05) is 32.7 Å². The van der Waals surface area contributed by atoms with E-state index < -0.39 is 0 Å². The Kier molecular flexibility index (Phi) is 9.31. The van der Waals surface area contributed by atoms with Crippen molar-refractivity contribution in [3.8, 4) is 0 Å². The normalized spacial score (nSPS) is 14.1. The first kappa shape index (κ1) is 19.9. The summed E-state index contributed by atoms with van der Waals surface area (Å²) in [5.41, 5.74) is 0. The van der Waals surface area contributed by atoms with Crippen molar-refractivity contribution in [2.75, 3.05) is 20.1 Å². The maximum Gasteiger partial charge on any atom is 0.225 e. The van der Waals surface area contributed by atoms with Gasteiger partial charge in [0, 0.05) is 32.0 Å². The molecule has 124 valence electrons. The zero-order chi connectivity index (χ0) is 16.6. The van der Waals surface area contributed by atoms with Gasteiger partial charge in [0.25, 0.3) is 0 Å². The predicted octanol–water partition coefficient (Wildman–Crippen LogP) is 2.93. The van der Waals surface area contributed by atoms with Gasteiger partial charge in [-0.2, -0.15) is 0 Å². The lowest BCUT2D eigenvalue weighted by Gasteiger charge is -2.24. The van der Waals surface area contributed by atoms with Crippen LogP contribution >= 0.6 is 0 Å². The van der Waals surface area contributed by atoms with Crippen LogP contribution in [0.5, 0.6) is 0 Å². The van der Waals surface area contributed by atoms with E-state index in [0.29, 0.717) is 18.4 Å². The molecule has 21 heavy (non-hydrogen) atoms. The number of nitrogens with one attached hydrogen (secondary N) is 1. The van der Waals surface area contributed by atoms with E-state index in [1.165, 1.54) is 0 Å². The zero-order valence-corrected chi connectivity index (χ0v) is 14.9. The highest BCUT2D eigenvalue weighted by molar-refractivity contribution is 5.78. The van der Waals surface area contributed by atoms with Gasteiger partial charge in [0.2, 0.25) is 11.8 Å². The summed E-state index contributed by atoms with van der Waals surface area (Å²) in [6, 6.07) is 0. The van der Waals surface area contributed by atoms with Crippen molar-refractivity contribution in [1.82, 2.24) is 10.2 Å². The quantitative estimate of drug-likeness (QED) is 0.711. The van der Waals surface area contributed by atoms with E-state index >= 15 is 0 Å². The van der Waals surface area contributed by atoms with Crippen molar-refractivity contribution in [3.05, 3.63) is 0 Å². The maximum absolute atomic E-state index is 12.2. The lowest BCUT2D eigenvalue weighted by molar-refractivity contribution is -0.134. The topological polar surface area (TPSA) is 49.4 Å². The number of amides is 2. The van der Waals surface area contributed by atoms with E-state index in [-0.39, 0.29) is 23.7 Å². The number of rotatable bonds is 9. The van der Waals surface area contributed by atoms with Gasteiger partial charge >= 0.3 is 0 Å². The molecule has 2 atom stereocenters. The Hall–Kier alpha value is -1.06. The summed E-state index contributed by atoms with van der Waals surface area (Å²) in [5.74, 6) is 1.30. The molecule has 4 heteroatoms. The van der Waals surface area contributed by atoms with Gasteiger partial charge in [-0.15, -0.1) is 0 Å². The number of hydrogen-bond acceptors (Lipinski definition) is 2. The lowest BCUT2D eigenvalue weighted by Crippen LogP contribution is -2.35. The molecular weight excluding hydrogens is 264 g/mol. The molecule has 0 saturated heterocycles. The fraction of sp³-hybridized carbons (Fsp3) is 0.882. The van der Waals surface area contributed by atoms with Crippen molar-refractivity contribution in [2.45, 2.75) is 54.4 Å². The molecule has 4 nitrogen and oxygen atoms in total. The second-order valence-corrected chi connectivity index (χ2v) is 7.10. The highest BCUT2D eigenvalue weighted by atomic mass is 16.2. The van der Waals surface area contributed by atoms with Gasteiger partial charge in [0.05, 0.1) is 0 Å². The lowest BCUT2D eigenvalue weighted by atomic mass is 9.96. The van der Waals surface area contributed by atoms with Crippen LogP contribution in [0.25, 0.3) is 0 Å². The Bertz CT molecular complexity index is 327. The second kappa shape index (κ2) is 9.80. The first-order valence-corrected chi connectivity index (χ1v) is 8.17. The van der Waals surface area contributed by atoms with Crippen LogP contribution < -0.4 is 5.32 Å². The van der Waals surface area contributed by atoms with Crippen LogP contribution in [-0.4, -0.2) is 36.9 Å². The molecule has 0 spiro atoms. The maximum atomic E-state index is 12.2. The third kappa shape index (κ3) is 8.74. The Morgan fingerprint density at radius 1 is 1.00 bits per heavy atom. The summed E-state index contributed by atoms with van der Waals surface area (Å²) in [4.78, 5) is 25.6. The predicted molar refractivity (Wildman–Crippen MR) is 87.9 cm³/mol. The molecule has 0 radical (unpaired) electrons.